The van der Waals surface area contributed by atoms with Crippen molar-refractivity contribution in [2.45, 2.75) is 65.0 Å². The number of nitrogens with one attached hydrogen (secondary N) is 1. The lowest BCUT2D eigenvalue weighted by Crippen LogP contribution is -2.54. The van der Waals surface area contributed by atoms with E-state index < -0.39 is 5.54 Å². The lowest BCUT2D eigenvalue weighted by Gasteiger charge is -2.27. The molecule has 16 heavy (non-hydrogen) atoms. The van der Waals surface area contributed by atoms with Gasteiger partial charge in [-0.25, -0.2) is 0 Å². The molecule has 1 saturated carbocycles. The number of hydrogen-bond donors (Lipinski definition) is 2. The van der Waals surface area contributed by atoms with Gasteiger partial charge in [-0.1, -0.05) is 27.2 Å². The molecule has 94 valence electrons. The zero-order chi connectivity index (χ0) is 12.3. The molecule has 3 heteroatoms. The van der Waals surface area contributed by atoms with Crippen molar-refractivity contribution < 1.29 is 4.79 Å². The number of nitrogens with two attached hydrogens (primary N) is 1. The highest BCUT2D eigenvalue weighted by Crippen LogP contribution is 2.34. The van der Waals surface area contributed by atoms with Gasteiger partial charge in [0.1, 0.15) is 0 Å². The van der Waals surface area contributed by atoms with E-state index >= 15 is 0 Å². The van der Waals surface area contributed by atoms with Crippen LogP contribution in [0.4, 0.5) is 0 Å². The fraction of sp³-hybridized carbons (Fsp3) is 0.923. The summed E-state index contributed by atoms with van der Waals surface area (Å²) >= 11 is 0. The van der Waals surface area contributed by atoms with Crippen LogP contribution in [0.3, 0.4) is 0 Å². The molecule has 0 saturated heterocycles. The Bertz CT molecular complexity index is 250. The van der Waals surface area contributed by atoms with Gasteiger partial charge >= 0.3 is 0 Å². The summed E-state index contributed by atoms with van der Waals surface area (Å²) in [6, 6.07) is 0.326. The highest BCUT2D eigenvalue weighted by Gasteiger charge is 2.35. The topological polar surface area (TPSA) is 55.1 Å². The van der Waals surface area contributed by atoms with Crippen LogP contribution in [0.2, 0.25) is 0 Å². The fourth-order valence-corrected chi connectivity index (χ4v) is 2.52. The van der Waals surface area contributed by atoms with Gasteiger partial charge in [-0.2, -0.15) is 0 Å². The predicted octanol–water partition coefficient (Wildman–Crippen LogP) is 2.05. The molecule has 3 N–H and O–H groups in total. The first-order valence-electron chi connectivity index (χ1n) is 6.52. The van der Waals surface area contributed by atoms with Gasteiger partial charge in [0.15, 0.2) is 0 Å². The summed E-state index contributed by atoms with van der Waals surface area (Å²) in [5, 5.41) is 3.12. The zero-order valence-electron chi connectivity index (χ0n) is 11.0. The van der Waals surface area contributed by atoms with Gasteiger partial charge in [0.25, 0.3) is 0 Å². The van der Waals surface area contributed by atoms with E-state index in [1.807, 2.05) is 6.92 Å². The highest BCUT2D eigenvalue weighted by molar-refractivity contribution is 5.85. The Kier molecular flexibility index (Phi) is 4.36. The molecule has 0 aromatic heterocycles. The summed E-state index contributed by atoms with van der Waals surface area (Å²) in [5.41, 5.74) is 5.22. The van der Waals surface area contributed by atoms with Gasteiger partial charge in [-0.05, 0) is 38.0 Å². The van der Waals surface area contributed by atoms with E-state index in [0.29, 0.717) is 18.4 Å². The van der Waals surface area contributed by atoms with Gasteiger partial charge in [-0.15, -0.1) is 0 Å². The summed E-state index contributed by atoms with van der Waals surface area (Å²) in [4.78, 5) is 12.0. The molecule has 3 nitrogen and oxygen atoms in total. The van der Waals surface area contributed by atoms with E-state index in [0.717, 1.165) is 12.3 Å². The first-order chi connectivity index (χ1) is 7.42. The average molecular weight is 226 g/mol. The van der Waals surface area contributed by atoms with Crippen LogP contribution in [0.15, 0.2) is 0 Å². The lowest BCUT2D eigenvalue weighted by atomic mass is 9.92. The van der Waals surface area contributed by atoms with Crippen LogP contribution in [0, 0.1) is 11.8 Å². The molecule has 1 rings (SSSR count). The lowest BCUT2D eigenvalue weighted by molar-refractivity contribution is -0.126. The van der Waals surface area contributed by atoms with Crippen molar-refractivity contribution in [1.29, 1.82) is 0 Å². The molecule has 4 unspecified atom stereocenters. The second-order valence-corrected chi connectivity index (χ2v) is 5.46. The summed E-state index contributed by atoms with van der Waals surface area (Å²) in [7, 11) is 0. The summed E-state index contributed by atoms with van der Waals surface area (Å²) in [6.07, 6.45) is 4.22. The third kappa shape index (κ3) is 2.76. The van der Waals surface area contributed by atoms with Crippen molar-refractivity contribution in [3.8, 4) is 0 Å². The Morgan fingerprint density at radius 3 is 2.50 bits per heavy atom. The number of hydrogen-bond acceptors (Lipinski definition) is 2. The Balaban J connectivity index is 2.53. The molecule has 0 aliphatic heterocycles. The normalized spacial score (nSPS) is 33.4. The quantitative estimate of drug-likeness (QED) is 0.771. The van der Waals surface area contributed by atoms with Crippen molar-refractivity contribution in [3.63, 3.8) is 0 Å². The molecule has 0 spiro atoms. The molecule has 0 heterocycles. The SMILES string of the molecule is CCC1CCC(NC(=O)C(C)(N)CC)C1C. The van der Waals surface area contributed by atoms with E-state index in [2.05, 4.69) is 19.2 Å². The Morgan fingerprint density at radius 2 is 2.06 bits per heavy atom. The molecule has 1 fully saturated rings. The average Bonchev–Trinajstić information content (AvgIpc) is 2.60. The Hall–Kier alpha value is -0.570. The second kappa shape index (κ2) is 5.17. The minimum Gasteiger partial charge on any atom is -0.352 e. The maximum atomic E-state index is 12.0. The van der Waals surface area contributed by atoms with Gasteiger partial charge in [-0.3, -0.25) is 4.79 Å². The largest absolute Gasteiger partial charge is 0.352 e. The molecular formula is C13H26N2O. The maximum absolute atomic E-state index is 12.0. The maximum Gasteiger partial charge on any atom is 0.240 e. The molecule has 1 aliphatic carbocycles. The predicted molar refractivity (Wildman–Crippen MR) is 67.0 cm³/mol. The van der Waals surface area contributed by atoms with Gasteiger partial charge in [0.2, 0.25) is 5.91 Å². The molecule has 0 aromatic carbocycles. The van der Waals surface area contributed by atoms with Gasteiger partial charge < -0.3 is 11.1 Å². The van der Waals surface area contributed by atoms with Crippen LogP contribution in [-0.4, -0.2) is 17.5 Å². The van der Waals surface area contributed by atoms with E-state index in [1.54, 1.807) is 6.92 Å². The van der Waals surface area contributed by atoms with Gasteiger partial charge in [0.05, 0.1) is 5.54 Å². The van der Waals surface area contributed by atoms with E-state index in [-0.39, 0.29) is 5.91 Å². The first-order valence-corrected chi connectivity index (χ1v) is 6.52. The fourth-order valence-electron chi connectivity index (χ4n) is 2.52. The zero-order valence-corrected chi connectivity index (χ0v) is 11.0. The summed E-state index contributed by atoms with van der Waals surface area (Å²) < 4.78 is 0. The molecule has 1 amide bonds. The first kappa shape index (κ1) is 13.5. The monoisotopic (exact) mass is 226 g/mol. The molecule has 0 bridgehead atoms. The van der Waals surface area contributed by atoms with E-state index in [1.165, 1.54) is 12.8 Å². The van der Waals surface area contributed by atoms with Crippen LogP contribution >= 0.6 is 0 Å². The van der Waals surface area contributed by atoms with Gasteiger partial charge in [0, 0.05) is 6.04 Å². The number of rotatable bonds is 4. The number of amides is 1. The molecule has 4 atom stereocenters. The Morgan fingerprint density at radius 1 is 1.44 bits per heavy atom. The molecule has 0 aromatic rings. The standard InChI is InChI=1S/C13H26N2O/c1-5-10-7-8-11(9(10)3)15-12(16)13(4,14)6-2/h9-11H,5-8,14H2,1-4H3,(H,15,16). The van der Waals surface area contributed by atoms with Crippen LogP contribution < -0.4 is 11.1 Å². The van der Waals surface area contributed by atoms with Crippen molar-refractivity contribution in [2.24, 2.45) is 17.6 Å². The summed E-state index contributed by atoms with van der Waals surface area (Å²) in [6.45, 7) is 8.22. The van der Waals surface area contributed by atoms with Crippen LogP contribution in [-0.2, 0) is 4.79 Å². The van der Waals surface area contributed by atoms with Crippen LogP contribution in [0.25, 0.3) is 0 Å². The molecule has 1 aliphatic rings. The Labute approximate surface area is 99.2 Å². The van der Waals surface area contributed by atoms with Crippen molar-refractivity contribution >= 4 is 5.91 Å². The number of carbonyl (C=O) groups excluding carboxylic acids is 1. The minimum absolute atomic E-state index is 0.00334. The molecular weight excluding hydrogens is 200 g/mol. The second-order valence-electron chi connectivity index (χ2n) is 5.46. The smallest absolute Gasteiger partial charge is 0.240 e. The molecule has 0 radical (unpaired) electrons. The van der Waals surface area contributed by atoms with Crippen LogP contribution in [0.5, 0.6) is 0 Å². The van der Waals surface area contributed by atoms with Crippen LogP contribution in [0.1, 0.15) is 53.4 Å². The minimum atomic E-state index is -0.718. The van der Waals surface area contributed by atoms with E-state index in [9.17, 15) is 4.79 Å². The highest BCUT2D eigenvalue weighted by atomic mass is 16.2. The third-order valence-electron chi connectivity index (χ3n) is 4.32. The van der Waals surface area contributed by atoms with E-state index in [4.69, 9.17) is 5.73 Å². The summed E-state index contributed by atoms with van der Waals surface area (Å²) in [5.74, 6) is 1.35. The third-order valence-corrected chi connectivity index (χ3v) is 4.32. The number of carbonyl (C=O) groups is 1. The van der Waals surface area contributed by atoms with Crippen molar-refractivity contribution in [3.05, 3.63) is 0 Å². The van der Waals surface area contributed by atoms with Crippen molar-refractivity contribution in [1.82, 2.24) is 5.32 Å². The van der Waals surface area contributed by atoms with Crippen molar-refractivity contribution in [2.75, 3.05) is 0 Å².